The van der Waals surface area contributed by atoms with Gasteiger partial charge < -0.3 is 119 Å². The molecule has 43 heteroatoms. The van der Waals surface area contributed by atoms with E-state index in [1.54, 1.807) is 92.6 Å². The van der Waals surface area contributed by atoms with Crippen molar-refractivity contribution in [2.24, 2.45) is 16.6 Å². The SMILES string of the molecule is COCCNC(=O)c1cc(N2CCC(c3c[nH]c4nccc(OC)c34)CC2)nc(OC[C@H]2CCCO2)n1.COCCNC(=O)c1cc(N2CCC(c3c[nH]c4nccc(OC)c34)CC2)nc(O[C@H](C)COC)n1.COC[C@@H](C)Oc1nc(C(=O)N[C@H](C)C(C)(C)N)cc(N2CCC(c3[nH]nc4ncccc34)CC2)n1.COC[C@@H](C)Oc1nc(C(=O)N[C@H]2CCC[C@@H]2O)cc(N2CCC(C3=NCc4ncccc43)CC2)n1. The number of amides is 4. The molecule has 7 atom stereocenters. The third-order valence-electron chi connectivity index (χ3n) is 27.1. The normalized spacial score (nSPS) is 18.2. The van der Waals surface area contributed by atoms with Gasteiger partial charge in [-0.25, -0.2) is 15.0 Å². The Morgan fingerprint density at radius 1 is 0.510 bits per heavy atom. The maximum absolute atomic E-state index is 13.1. The number of fused-ring (bicyclic) bond motifs is 4. The van der Waals surface area contributed by atoms with Crippen LogP contribution in [0.4, 0.5) is 23.3 Å². The minimum atomic E-state index is -0.577. The van der Waals surface area contributed by atoms with E-state index >= 15 is 0 Å². The molecule has 6 aliphatic heterocycles. The number of ether oxygens (including phenoxy) is 12. The number of aliphatic hydroxyl groups excluding tert-OH is 1. The minimum absolute atomic E-state index is 0.0321. The molecule has 0 bridgehead atoms. The quantitative estimate of drug-likeness (QED) is 0.0162. The predicted octanol–water partition coefficient (Wildman–Crippen LogP) is 9.76. The summed E-state index contributed by atoms with van der Waals surface area (Å²) in [7, 11) is 11.4. The first-order chi connectivity index (χ1) is 70.4. The lowest BCUT2D eigenvalue weighted by molar-refractivity contribution is 0.0643. The van der Waals surface area contributed by atoms with Crippen molar-refractivity contribution in [3.8, 4) is 35.5 Å². The van der Waals surface area contributed by atoms with Gasteiger partial charge in [-0.1, -0.05) is 0 Å². The van der Waals surface area contributed by atoms with Crippen molar-refractivity contribution in [2.45, 2.75) is 197 Å². The van der Waals surface area contributed by atoms with Gasteiger partial charge in [0.25, 0.3) is 23.6 Å². The molecule has 778 valence electrons. The predicted molar refractivity (Wildman–Crippen MR) is 544 cm³/mol. The number of nitrogens with two attached hydrogens (primary N) is 1. The smallest absolute Gasteiger partial charge is 0.319 e. The molecule has 4 amide bonds. The van der Waals surface area contributed by atoms with Gasteiger partial charge in [-0.05, 0) is 184 Å². The summed E-state index contributed by atoms with van der Waals surface area (Å²) in [6.45, 7) is 22.0. The second-order valence-electron chi connectivity index (χ2n) is 38.0. The lowest BCUT2D eigenvalue weighted by Gasteiger charge is -2.33. The van der Waals surface area contributed by atoms with Crippen molar-refractivity contribution in [3.05, 3.63) is 149 Å². The molecule has 43 nitrogen and oxygen atoms in total. The third kappa shape index (κ3) is 27.7. The zero-order chi connectivity index (χ0) is 102. The van der Waals surface area contributed by atoms with Gasteiger partial charge in [0.1, 0.15) is 93.8 Å². The highest BCUT2D eigenvalue weighted by molar-refractivity contribution is 6.05. The Morgan fingerprint density at radius 3 is 1.42 bits per heavy atom. The standard InChI is InChI=1S/C26H34N6O5.C26H34N6O4.C25H36N8O3.C25H34N6O5/c1-34-13-9-28-25(33)20-14-22(31-26(30-20)37-16-18-4-3-12-36-18)32-10-6-17(7-11-32)19-15-29-24-23(19)21(35-2)5-8-27-24;1-16(15-35-2)36-26-30-20(25(34)29-19-6-3-7-22(19)33)13-23(31-26)32-11-8-17(9-12-32)24-18-5-4-10-27-21(18)14-28-24;1-15(14-35-5)36-24-29-19(23(34)28-16(2)25(3,4)26)13-20(30-24)33-11-8-17(9-12-33)21-18-7-6-10-27-22(18)32-31-21;1-16(15-34-3)36-25-29-19(24(32)27-9-12-33-2)13-21(30-25)31-10-6-17(7-11-31)18-14-28-23-22(18)20(35-4)5-8-26-23/h5,8,14-15,17-18H,3-4,6-7,9-13,16H2,1-2H3,(H,27,29)(H,28,33);4-5,10,13,16-17,19,22,33H,3,6-9,11-12,14-15H2,1-2H3,(H,29,34);6-7,10,13,15-17H,8-9,11-12,14,26H2,1-5H3,(H,28,34)(H,27,31,32);5,8,13-14,16-17H,6-7,9-12,15H2,1-4H3,(H,26,28)(H,27,32)/t18-;16-,19+,22+;15-,16-;16-/m1111/s1. The van der Waals surface area contributed by atoms with Crippen LogP contribution in [0.15, 0.2) is 103 Å². The monoisotopic (exact) mass is 2000 g/mol. The van der Waals surface area contributed by atoms with Gasteiger partial charge in [-0.2, -0.15) is 45.0 Å². The van der Waals surface area contributed by atoms with Gasteiger partial charge in [0.15, 0.2) is 5.65 Å². The Morgan fingerprint density at radius 2 is 0.966 bits per heavy atom. The fourth-order valence-corrected chi connectivity index (χ4v) is 19.1. The Bertz CT molecular complexity index is 6120. The average Bonchev–Trinajstić information content (AvgIpc) is 1.66. The number of nitrogens with zero attached hydrogens (tertiary/aromatic N) is 18. The van der Waals surface area contributed by atoms with E-state index in [2.05, 4.69) is 133 Å². The Hall–Kier alpha value is -13.3. The molecule has 0 radical (unpaired) electrons. The fraction of sp³-hybridized carbons (Fsp3) is 0.549. The van der Waals surface area contributed by atoms with Crippen LogP contribution < -0.4 is 75.0 Å². The van der Waals surface area contributed by atoms with Crippen LogP contribution in [0.1, 0.15) is 213 Å². The molecule has 7 aliphatic rings. The zero-order valence-corrected chi connectivity index (χ0v) is 85.1. The number of nitrogens with one attached hydrogen (secondary N) is 7. The van der Waals surface area contributed by atoms with E-state index in [0.717, 1.165) is 198 Å². The number of aromatic amines is 3. The van der Waals surface area contributed by atoms with Crippen molar-refractivity contribution >= 4 is 85.7 Å². The number of H-pyrrole nitrogens is 3. The second kappa shape index (κ2) is 51.0. The summed E-state index contributed by atoms with van der Waals surface area (Å²) >= 11 is 0. The summed E-state index contributed by atoms with van der Waals surface area (Å²) < 4.78 is 65.9. The van der Waals surface area contributed by atoms with Crippen LogP contribution in [-0.2, 0) is 35.0 Å². The highest BCUT2D eigenvalue weighted by atomic mass is 16.6. The molecular weight excluding hydrogens is 1860 g/mol. The number of piperidine rings is 4. The summed E-state index contributed by atoms with van der Waals surface area (Å²) in [6.07, 6.45) is 21.6. The van der Waals surface area contributed by atoms with E-state index in [0.29, 0.717) is 113 Å². The number of rotatable bonds is 38. The van der Waals surface area contributed by atoms with Crippen LogP contribution in [0.3, 0.4) is 0 Å². The molecule has 145 heavy (non-hydrogen) atoms. The third-order valence-corrected chi connectivity index (χ3v) is 27.1. The first kappa shape index (κ1) is 106. The van der Waals surface area contributed by atoms with Gasteiger partial charge in [-0.3, -0.25) is 34.3 Å². The number of anilines is 4. The molecule has 1 aliphatic carbocycles. The van der Waals surface area contributed by atoms with Crippen LogP contribution >= 0.6 is 0 Å². The van der Waals surface area contributed by atoms with Crippen molar-refractivity contribution in [2.75, 3.05) is 181 Å². The Kier molecular flexibility index (Phi) is 37.3. The summed E-state index contributed by atoms with van der Waals surface area (Å²) in [5.74, 6) is 4.52. The van der Waals surface area contributed by atoms with E-state index < -0.39 is 11.6 Å². The maximum Gasteiger partial charge on any atom is 0.319 e. The van der Waals surface area contributed by atoms with Crippen LogP contribution in [0.5, 0.6) is 35.5 Å². The van der Waals surface area contributed by atoms with Gasteiger partial charge in [0.05, 0.1) is 88.5 Å². The van der Waals surface area contributed by atoms with E-state index in [1.165, 1.54) is 16.7 Å². The summed E-state index contributed by atoms with van der Waals surface area (Å²) in [5, 5.41) is 32.4. The lowest BCUT2D eigenvalue weighted by Crippen LogP contribution is -2.53. The van der Waals surface area contributed by atoms with Crippen LogP contribution in [0, 0.1) is 5.92 Å². The number of carbonyl (C=O) groups excluding carboxylic acids is 4. The molecule has 0 spiro atoms. The number of aromatic nitrogens is 16. The molecule has 17 heterocycles. The number of pyridine rings is 4. The summed E-state index contributed by atoms with van der Waals surface area (Å²) in [6, 6.07) is 18.9. The van der Waals surface area contributed by atoms with Gasteiger partial charge >= 0.3 is 24.0 Å². The van der Waals surface area contributed by atoms with Gasteiger partial charge in [0.2, 0.25) is 0 Å². The van der Waals surface area contributed by atoms with E-state index in [4.69, 9.17) is 67.6 Å². The number of hydrogen-bond acceptors (Lipinski definition) is 36. The molecule has 0 unspecified atom stereocenters. The van der Waals surface area contributed by atoms with Crippen molar-refractivity contribution in [1.82, 2.24) is 101 Å². The number of carbonyl (C=O) groups is 4. The molecule has 6 fully saturated rings. The second-order valence-corrected chi connectivity index (χ2v) is 38.0. The molecule has 11 aromatic heterocycles. The van der Waals surface area contributed by atoms with Crippen LogP contribution in [0.25, 0.3) is 33.1 Å². The van der Waals surface area contributed by atoms with Crippen molar-refractivity contribution in [1.29, 1.82) is 0 Å². The molecular formula is C102H138N26O17. The van der Waals surface area contributed by atoms with Crippen molar-refractivity contribution in [3.63, 3.8) is 0 Å². The highest BCUT2D eigenvalue weighted by Crippen LogP contribution is 2.42. The topological polar surface area (TPSA) is 514 Å². The highest BCUT2D eigenvalue weighted by Gasteiger charge is 2.36. The fourth-order valence-electron chi connectivity index (χ4n) is 19.1. The zero-order valence-electron chi connectivity index (χ0n) is 85.1. The van der Waals surface area contributed by atoms with Crippen LogP contribution in [0.2, 0.25) is 0 Å². The molecule has 18 rings (SSSR count). The Balaban J connectivity index is 0.000000145. The number of hydrogen-bond donors (Lipinski definition) is 9. The number of methoxy groups -OCH3 is 7. The Labute approximate surface area is 843 Å². The number of aliphatic imine (C=N–C) groups is 1. The minimum Gasteiger partial charge on any atom is -0.496 e. The molecule has 11 aromatic rings. The molecule has 0 aromatic carbocycles. The molecule has 5 saturated heterocycles. The first-order valence-electron chi connectivity index (χ1n) is 50.0. The van der Waals surface area contributed by atoms with Gasteiger partial charge in [-0.15, -0.1) is 0 Å². The first-order valence-corrected chi connectivity index (χ1v) is 50.0. The molecule has 10 N–H and O–H groups in total. The van der Waals surface area contributed by atoms with E-state index in [-0.39, 0.29) is 107 Å². The van der Waals surface area contributed by atoms with E-state index in [9.17, 15) is 24.3 Å². The lowest BCUT2D eigenvalue weighted by atomic mass is 9.88. The maximum atomic E-state index is 13.1. The van der Waals surface area contributed by atoms with Crippen molar-refractivity contribution < 1.29 is 81.1 Å². The largest absolute Gasteiger partial charge is 0.496 e. The number of aliphatic hydroxyl groups is 1. The van der Waals surface area contributed by atoms with Gasteiger partial charge in [0, 0.05) is 215 Å². The summed E-state index contributed by atoms with van der Waals surface area (Å²) in [4.78, 5) is 125. The van der Waals surface area contributed by atoms with Crippen LogP contribution in [-0.4, -0.2) is 324 Å². The molecule has 1 saturated carbocycles. The summed E-state index contributed by atoms with van der Waals surface area (Å²) in [5.41, 5.74) is 16.0. The van der Waals surface area contributed by atoms with E-state index in [1.807, 2.05) is 84.4 Å². The average molecular weight is 2000 g/mol.